The monoisotopic (exact) mass is 333 g/mol. The molecule has 0 aromatic heterocycles. The van der Waals surface area contributed by atoms with Crippen molar-refractivity contribution in [2.45, 2.75) is 19.9 Å². The van der Waals surface area contributed by atoms with Crippen LogP contribution in [0.1, 0.15) is 18.9 Å². The van der Waals surface area contributed by atoms with Crippen molar-refractivity contribution in [3.8, 4) is 11.5 Å². The highest BCUT2D eigenvalue weighted by atomic mass is 79.9. The van der Waals surface area contributed by atoms with Gasteiger partial charge in [-0.2, -0.15) is 11.8 Å². The molecule has 1 rings (SSSR count). The number of halogens is 1. The Balaban J connectivity index is 2.63. The molecular formula is C13H20BrNO2S. The zero-order valence-corrected chi connectivity index (χ0v) is 13.3. The van der Waals surface area contributed by atoms with Crippen molar-refractivity contribution in [3.05, 3.63) is 22.2 Å². The van der Waals surface area contributed by atoms with E-state index in [0.717, 1.165) is 39.5 Å². The summed E-state index contributed by atoms with van der Waals surface area (Å²) >= 11 is 5.42. The minimum absolute atomic E-state index is 0.488. The van der Waals surface area contributed by atoms with Gasteiger partial charge in [-0.3, -0.25) is 0 Å². The summed E-state index contributed by atoms with van der Waals surface area (Å²) in [6.45, 7) is 3.35. The summed E-state index contributed by atoms with van der Waals surface area (Å²) in [6.07, 6.45) is 1.03. The van der Waals surface area contributed by atoms with Crippen molar-refractivity contribution in [3.63, 3.8) is 0 Å². The Labute approximate surface area is 122 Å². The first-order chi connectivity index (χ1) is 8.72. The first-order valence-corrected chi connectivity index (χ1v) is 7.94. The van der Waals surface area contributed by atoms with E-state index in [1.807, 2.05) is 23.9 Å². The predicted octanol–water partition coefficient (Wildman–Crippen LogP) is 3.44. The van der Waals surface area contributed by atoms with Gasteiger partial charge in [0.15, 0.2) is 11.5 Å². The first-order valence-electron chi connectivity index (χ1n) is 6.00. The van der Waals surface area contributed by atoms with E-state index < -0.39 is 0 Å². The van der Waals surface area contributed by atoms with Crippen LogP contribution >= 0.6 is 27.7 Å². The van der Waals surface area contributed by atoms with Gasteiger partial charge in [-0.05, 0) is 51.6 Å². The molecule has 0 amide bonds. The van der Waals surface area contributed by atoms with Gasteiger partial charge in [0, 0.05) is 6.54 Å². The van der Waals surface area contributed by atoms with Crippen molar-refractivity contribution >= 4 is 27.7 Å². The maximum Gasteiger partial charge on any atom is 0.175 e. The number of methoxy groups -OCH3 is 1. The van der Waals surface area contributed by atoms with Crippen LogP contribution in [0.3, 0.4) is 0 Å². The van der Waals surface area contributed by atoms with Crippen molar-refractivity contribution in [2.24, 2.45) is 5.73 Å². The van der Waals surface area contributed by atoms with Gasteiger partial charge in [0.05, 0.1) is 18.2 Å². The number of hydrogen-bond donors (Lipinski definition) is 1. The Morgan fingerprint density at radius 2 is 2.17 bits per heavy atom. The quantitative estimate of drug-likeness (QED) is 0.740. The standard InChI is InChI=1S/C13H20BrNO2S/c1-3-18-6-4-5-17-13-11(14)7-10(9-15)8-12(13)16-2/h7-8H,3-6,9,15H2,1-2H3. The number of benzene rings is 1. The van der Waals surface area contributed by atoms with Gasteiger partial charge in [0.25, 0.3) is 0 Å². The number of nitrogens with two attached hydrogens (primary N) is 1. The van der Waals surface area contributed by atoms with Crippen molar-refractivity contribution in [1.82, 2.24) is 0 Å². The van der Waals surface area contributed by atoms with E-state index in [0.29, 0.717) is 13.2 Å². The molecule has 0 unspecified atom stereocenters. The highest BCUT2D eigenvalue weighted by Gasteiger charge is 2.10. The maximum absolute atomic E-state index is 5.78. The number of ether oxygens (including phenoxy) is 2. The summed E-state index contributed by atoms with van der Waals surface area (Å²) in [7, 11) is 1.64. The molecule has 1 aromatic carbocycles. The zero-order valence-electron chi connectivity index (χ0n) is 10.9. The molecule has 0 atom stereocenters. The van der Waals surface area contributed by atoms with Crippen LogP contribution in [0, 0.1) is 0 Å². The average molecular weight is 334 g/mol. The highest BCUT2D eigenvalue weighted by molar-refractivity contribution is 9.10. The van der Waals surface area contributed by atoms with E-state index in [1.54, 1.807) is 7.11 Å². The van der Waals surface area contributed by atoms with Crippen LogP contribution in [0.4, 0.5) is 0 Å². The van der Waals surface area contributed by atoms with Crippen LogP contribution in [0.5, 0.6) is 11.5 Å². The summed E-state index contributed by atoms with van der Waals surface area (Å²) in [5, 5.41) is 0. The third-order valence-corrected chi connectivity index (χ3v) is 3.98. The lowest BCUT2D eigenvalue weighted by Crippen LogP contribution is -2.03. The normalized spacial score (nSPS) is 10.4. The lowest BCUT2D eigenvalue weighted by atomic mass is 10.2. The first kappa shape index (κ1) is 15.7. The smallest absolute Gasteiger partial charge is 0.175 e. The lowest BCUT2D eigenvalue weighted by molar-refractivity contribution is 0.293. The Bertz CT molecular complexity index is 374. The van der Waals surface area contributed by atoms with Crippen LogP contribution in [-0.2, 0) is 6.54 Å². The molecule has 5 heteroatoms. The molecule has 2 N–H and O–H groups in total. The summed E-state index contributed by atoms with van der Waals surface area (Å²) in [4.78, 5) is 0. The lowest BCUT2D eigenvalue weighted by Gasteiger charge is -2.13. The van der Waals surface area contributed by atoms with Gasteiger partial charge in [-0.1, -0.05) is 6.92 Å². The fourth-order valence-electron chi connectivity index (χ4n) is 1.51. The van der Waals surface area contributed by atoms with Crippen LogP contribution in [0.25, 0.3) is 0 Å². The van der Waals surface area contributed by atoms with E-state index in [-0.39, 0.29) is 0 Å². The molecule has 0 saturated heterocycles. The molecule has 0 fully saturated rings. The molecule has 3 nitrogen and oxygen atoms in total. The second-order valence-corrected chi connectivity index (χ2v) is 5.96. The van der Waals surface area contributed by atoms with Crippen LogP contribution in [0.2, 0.25) is 0 Å². The molecule has 0 spiro atoms. The Hall–Kier alpha value is -0.390. The van der Waals surface area contributed by atoms with Crippen molar-refractivity contribution in [1.29, 1.82) is 0 Å². The summed E-state index contributed by atoms with van der Waals surface area (Å²) < 4.78 is 12.0. The molecule has 0 aliphatic carbocycles. The van der Waals surface area contributed by atoms with Gasteiger partial charge < -0.3 is 15.2 Å². The molecule has 102 valence electrons. The average Bonchev–Trinajstić information content (AvgIpc) is 2.39. The fourth-order valence-corrected chi connectivity index (χ4v) is 2.73. The highest BCUT2D eigenvalue weighted by Crippen LogP contribution is 2.36. The summed E-state index contributed by atoms with van der Waals surface area (Å²) in [5.41, 5.74) is 6.65. The summed E-state index contributed by atoms with van der Waals surface area (Å²) in [5.74, 6) is 3.76. The third-order valence-electron chi connectivity index (χ3n) is 2.41. The molecule has 0 heterocycles. The zero-order chi connectivity index (χ0) is 13.4. The van der Waals surface area contributed by atoms with Gasteiger partial charge in [0.1, 0.15) is 0 Å². The van der Waals surface area contributed by atoms with E-state index in [2.05, 4.69) is 22.9 Å². The molecule has 1 aromatic rings. The molecule has 0 aliphatic rings. The number of rotatable bonds is 8. The van der Waals surface area contributed by atoms with E-state index in [1.165, 1.54) is 0 Å². The largest absolute Gasteiger partial charge is 0.493 e. The van der Waals surface area contributed by atoms with Gasteiger partial charge in [-0.25, -0.2) is 0 Å². The Kier molecular flexibility index (Phi) is 7.54. The predicted molar refractivity (Wildman–Crippen MR) is 81.7 cm³/mol. The van der Waals surface area contributed by atoms with Gasteiger partial charge >= 0.3 is 0 Å². The van der Waals surface area contributed by atoms with Crippen molar-refractivity contribution < 1.29 is 9.47 Å². The topological polar surface area (TPSA) is 44.5 Å². The number of hydrogen-bond acceptors (Lipinski definition) is 4. The fraction of sp³-hybridized carbons (Fsp3) is 0.538. The van der Waals surface area contributed by atoms with Crippen LogP contribution in [0.15, 0.2) is 16.6 Å². The molecule has 18 heavy (non-hydrogen) atoms. The Morgan fingerprint density at radius 1 is 1.39 bits per heavy atom. The number of thioether (sulfide) groups is 1. The van der Waals surface area contributed by atoms with Crippen LogP contribution in [-0.4, -0.2) is 25.2 Å². The summed E-state index contributed by atoms with van der Waals surface area (Å²) in [6, 6.07) is 3.89. The van der Waals surface area contributed by atoms with E-state index in [9.17, 15) is 0 Å². The van der Waals surface area contributed by atoms with Gasteiger partial charge in [-0.15, -0.1) is 0 Å². The molecular weight excluding hydrogens is 314 g/mol. The molecule has 0 saturated carbocycles. The minimum Gasteiger partial charge on any atom is -0.493 e. The molecule has 0 bridgehead atoms. The minimum atomic E-state index is 0.488. The van der Waals surface area contributed by atoms with Crippen LogP contribution < -0.4 is 15.2 Å². The SMILES string of the molecule is CCSCCCOc1c(Br)cc(CN)cc1OC. The van der Waals surface area contributed by atoms with E-state index >= 15 is 0 Å². The van der Waals surface area contributed by atoms with E-state index in [4.69, 9.17) is 15.2 Å². The molecule has 0 radical (unpaired) electrons. The molecule has 0 aliphatic heterocycles. The second kappa shape index (κ2) is 8.67. The van der Waals surface area contributed by atoms with Crippen molar-refractivity contribution in [2.75, 3.05) is 25.2 Å². The Morgan fingerprint density at radius 3 is 2.78 bits per heavy atom. The second-order valence-electron chi connectivity index (χ2n) is 3.71. The maximum atomic E-state index is 5.78. The third kappa shape index (κ3) is 4.71. The van der Waals surface area contributed by atoms with Gasteiger partial charge in [0.2, 0.25) is 0 Å².